The van der Waals surface area contributed by atoms with Crippen LogP contribution in [0.5, 0.6) is 5.75 Å². The number of hydrogen-bond donors (Lipinski definition) is 2. The second-order valence-corrected chi connectivity index (χ2v) is 4.44. The maximum atomic E-state index is 9.81. The van der Waals surface area contributed by atoms with Crippen LogP contribution in [-0.2, 0) is 6.54 Å². The number of hydrogen-bond acceptors (Lipinski definition) is 4. The van der Waals surface area contributed by atoms with E-state index in [0.717, 1.165) is 17.1 Å². The summed E-state index contributed by atoms with van der Waals surface area (Å²) in [6.45, 7) is 3.33. The summed E-state index contributed by atoms with van der Waals surface area (Å²) >= 11 is 0. The summed E-state index contributed by atoms with van der Waals surface area (Å²) in [5, 5.41) is 12.9. The Hall–Kier alpha value is -1.78. The van der Waals surface area contributed by atoms with Crippen LogP contribution in [0.3, 0.4) is 0 Å². The normalized spacial score (nSPS) is 12.3. The summed E-state index contributed by atoms with van der Waals surface area (Å²) in [7, 11) is 0. The molecule has 1 aromatic heterocycles. The maximum absolute atomic E-state index is 9.81. The zero-order valence-electron chi connectivity index (χ0n) is 11.0. The van der Waals surface area contributed by atoms with Gasteiger partial charge in [0.05, 0.1) is 12.8 Å². The number of para-hydroxylation sites is 1. The largest absolute Gasteiger partial charge is 0.491 e. The fourth-order valence-corrected chi connectivity index (χ4v) is 1.74. The molecule has 4 heteroatoms. The molecule has 0 amide bonds. The first kappa shape index (κ1) is 13.6. The van der Waals surface area contributed by atoms with Crippen molar-refractivity contribution in [3.8, 4) is 5.75 Å². The fourth-order valence-electron chi connectivity index (χ4n) is 1.74. The van der Waals surface area contributed by atoms with E-state index in [1.54, 1.807) is 6.26 Å². The molecule has 0 saturated heterocycles. The number of nitrogens with one attached hydrogen (secondary N) is 1. The first-order valence-corrected chi connectivity index (χ1v) is 6.35. The minimum atomic E-state index is -0.547. The predicted octanol–water partition coefficient (Wildman–Crippen LogP) is 2.12. The molecule has 102 valence electrons. The zero-order chi connectivity index (χ0) is 13.5. The van der Waals surface area contributed by atoms with Gasteiger partial charge in [0.1, 0.15) is 24.2 Å². The Kier molecular flexibility index (Phi) is 5.01. The van der Waals surface area contributed by atoms with Gasteiger partial charge in [-0.15, -0.1) is 0 Å². The van der Waals surface area contributed by atoms with Crippen molar-refractivity contribution in [2.75, 3.05) is 13.2 Å². The van der Waals surface area contributed by atoms with Crippen LogP contribution >= 0.6 is 0 Å². The average molecular weight is 261 g/mol. The summed E-state index contributed by atoms with van der Waals surface area (Å²) in [5.74, 6) is 1.67. The molecule has 0 fully saturated rings. The highest BCUT2D eigenvalue weighted by Gasteiger charge is 2.06. The van der Waals surface area contributed by atoms with E-state index < -0.39 is 6.10 Å². The van der Waals surface area contributed by atoms with Gasteiger partial charge in [-0.05, 0) is 30.7 Å². The van der Waals surface area contributed by atoms with Crippen molar-refractivity contribution in [2.45, 2.75) is 19.6 Å². The molecule has 1 heterocycles. The van der Waals surface area contributed by atoms with E-state index in [9.17, 15) is 5.11 Å². The van der Waals surface area contributed by atoms with Gasteiger partial charge in [-0.2, -0.15) is 0 Å². The summed E-state index contributed by atoms with van der Waals surface area (Å²) in [6.07, 6.45) is 1.09. The Bertz CT molecular complexity index is 482. The number of aryl methyl sites for hydroxylation is 1. The molecule has 2 aromatic rings. The Morgan fingerprint density at radius 1 is 1.26 bits per heavy atom. The highest BCUT2D eigenvalue weighted by molar-refractivity contribution is 5.31. The van der Waals surface area contributed by atoms with Gasteiger partial charge in [-0.1, -0.05) is 18.2 Å². The standard InChI is InChI=1S/C15H19NO3/c1-12-5-2-3-7-15(12)19-11-13(17)9-16-10-14-6-4-8-18-14/h2-8,13,16-17H,9-11H2,1H3. The fraction of sp³-hybridized carbons (Fsp3) is 0.333. The Balaban J connectivity index is 1.67. The highest BCUT2D eigenvalue weighted by atomic mass is 16.5. The number of benzene rings is 1. The highest BCUT2D eigenvalue weighted by Crippen LogP contribution is 2.16. The SMILES string of the molecule is Cc1ccccc1OCC(O)CNCc1ccco1. The lowest BCUT2D eigenvalue weighted by atomic mass is 10.2. The lowest BCUT2D eigenvalue weighted by molar-refractivity contribution is 0.105. The predicted molar refractivity (Wildman–Crippen MR) is 73.1 cm³/mol. The van der Waals surface area contributed by atoms with Crippen LogP contribution in [0.25, 0.3) is 0 Å². The third-order valence-electron chi connectivity index (χ3n) is 2.78. The van der Waals surface area contributed by atoms with Gasteiger partial charge < -0.3 is 19.6 Å². The number of ether oxygens (including phenoxy) is 1. The molecule has 0 saturated carbocycles. The zero-order valence-corrected chi connectivity index (χ0v) is 11.0. The van der Waals surface area contributed by atoms with Crippen molar-refractivity contribution < 1.29 is 14.3 Å². The Morgan fingerprint density at radius 3 is 2.84 bits per heavy atom. The smallest absolute Gasteiger partial charge is 0.122 e. The van der Waals surface area contributed by atoms with Crippen molar-refractivity contribution in [1.29, 1.82) is 0 Å². The number of furan rings is 1. The van der Waals surface area contributed by atoms with Crippen LogP contribution in [0.1, 0.15) is 11.3 Å². The lowest BCUT2D eigenvalue weighted by Gasteiger charge is -2.14. The molecule has 0 radical (unpaired) electrons. The van der Waals surface area contributed by atoms with Crippen LogP contribution in [0, 0.1) is 6.92 Å². The number of aliphatic hydroxyl groups is 1. The van der Waals surface area contributed by atoms with E-state index in [-0.39, 0.29) is 6.61 Å². The van der Waals surface area contributed by atoms with Crippen molar-refractivity contribution in [3.05, 3.63) is 54.0 Å². The van der Waals surface area contributed by atoms with Crippen LogP contribution in [-0.4, -0.2) is 24.4 Å². The van der Waals surface area contributed by atoms with Gasteiger partial charge in [0.25, 0.3) is 0 Å². The topological polar surface area (TPSA) is 54.6 Å². The minimum absolute atomic E-state index is 0.274. The first-order chi connectivity index (χ1) is 9.25. The first-order valence-electron chi connectivity index (χ1n) is 6.35. The third-order valence-corrected chi connectivity index (χ3v) is 2.78. The van der Waals surface area contributed by atoms with Crippen molar-refractivity contribution >= 4 is 0 Å². The molecule has 0 aliphatic carbocycles. The molecule has 0 spiro atoms. The third kappa shape index (κ3) is 4.43. The summed E-state index contributed by atoms with van der Waals surface area (Å²) in [6, 6.07) is 11.5. The van der Waals surface area contributed by atoms with E-state index in [4.69, 9.17) is 9.15 Å². The molecule has 0 bridgehead atoms. The number of rotatable bonds is 7. The summed E-state index contributed by atoms with van der Waals surface area (Å²) in [5.41, 5.74) is 1.07. The monoisotopic (exact) mass is 261 g/mol. The van der Waals surface area contributed by atoms with E-state index in [1.807, 2.05) is 43.3 Å². The van der Waals surface area contributed by atoms with E-state index >= 15 is 0 Å². The van der Waals surface area contributed by atoms with Crippen LogP contribution in [0.4, 0.5) is 0 Å². The Morgan fingerprint density at radius 2 is 2.11 bits per heavy atom. The van der Waals surface area contributed by atoms with Crippen molar-refractivity contribution in [2.24, 2.45) is 0 Å². The van der Waals surface area contributed by atoms with Gasteiger partial charge >= 0.3 is 0 Å². The molecule has 1 atom stereocenters. The summed E-state index contributed by atoms with van der Waals surface area (Å²) < 4.78 is 10.8. The van der Waals surface area contributed by atoms with Gasteiger partial charge in [-0.3, -0.25) is 0 Å². The van der Waals surface area contributed by atoms with Crippen molar-refractivity contribution in [1.82, 2.24) is 5.32 Å². The van der Waals surface area contributed by atoms with Crippen LogP contribution in [0.2, 0.25) is 0 Å². The van der Waals surface area contributed by atoms with E-state index in [2.05, 4.69) is 5.32 Å². The van der Waals surface area contributed by atoms with E-state index in [0.29, 0.717) is 13.1 Å². The molecule has 4 nitrogen and oxygen atoms in total. The molecule has 19 heavy (non-hydrogen) atoms. The lowest BCUT2D eigenvalue weighted by Crippen LogP contribution is -2.31. The average Bonchev–Trinajstić information content (AvgIpc) is 2.91. The van der Waals surface area contributed by atoms with Gasteiger partial charge in [-0.25, -0.2) is 0 Å². The van der Waals surface area contributed by atoms with Gasteiger partial charge in [0.15, 0.2) is 0 Å². The maximum Gasteiger partial charge on any atom is 0.122 e. The minimum Gasteiger partial charge on any atom is -0.491 e. The molecular weight excluding hydrogens is 242 g/mol. The molecule has 2 rings (SSSR count). The van der Waals surface area contributed by atoms with Crippen molar-refractivity contribution in [3.63, 3.8) is 0 Å². The number of aliphatic hydroxyl groups excluding tert-OH is 1. The second kappa shape index (κ2) is 6.97. The molecule has 1 unspecified atom stereocenters. The van der Waals surface area contributed by atoms with Gasteiger partial charge in [0, 0.05) is 6.54 Å². The second-order valence-electron chi connectivity index (χ2n) is 4.44. The van der Waals surface area contributed by atoms with Crippen LogP contribution in [0.15, 0.2) is 47.1 Å². The molecule has 0 aliphatic heterocycles. The quantitative estimate of drug-likeness (QED) is 0.801. The molecule has 0 aliphatic rings. The molecule has 1 aromatic carbocycles. The van der Waals surface area contributed by atoms with Crippen LogP contribution < -0.4 is 10.1 Å². The molecular formula is C15H19NO3. The molecule has 2 N–H and O–H groups in total. The van der Waals surface area contributed by atoms with E-state index in [1.165, 1.54) is 0 Å². The Labute approximate surface area is 113 Å². The van der Waals surface area contributed by atoms with Gasteiger partial charge in [0.2, 0.25) is 0 Å². The summed E-state index contributed by atoms with van der Waals surface area (Å²) in [4.78, 5) is 0.